The van der Waals surface area contributed by atoms with Crippen LogP contribution in [0.15, 0.2) is 29.4 Å². The first kappa shape index (κ1) is 13.5. The van der Waals surface area contributed by atoms with Crippen LogP contribution in [0.3, 0.4) is 0 Å². The minimum Gasteiger partial charge on any atom is -0.409 e. The highest BCUT2D eigenvalue weighted by Gasteiger charge is 2.12. The van der Waals surface area contributed by atoms with E-state index in [1.54, 1.807) is 0 Å². The van der Waals surface area contributed by atoms with Gasteiger partial charge in [-0.05, 0) is 31.9 Å². The van der Waals surface area contributed by atoms with Crippen molar-refractivity contribution in [2.45, 2.75) is 39.3 Å². The Morgan fingerprint density at radius 3 is 2.65 bits per heavy atom. The molecule has 0 bridgehead atoms. The molecule has 0 saturated carbocycles. The first-order chi connectivity index (χ1) is 8.04. The van der Waals surface area contributed by atoms with Crippen LogP contribution in [0.5, 0.6) is 0 Å². The molecular weight excluding hydrogens is 214 g/mol. The molecule has 0 fully saturated rings. The van der Waals surface area contributed by atoms with Gasteiger partial charge in [0.1, 0.15) is 5.84 Å². The fourth-order valence-corrected chi connectivity index (χ4v) is 2.00. The van der Waals surface area contributed by atoms with Crippen molar-refractivity contribution in [3.8, 4) is 0 Å². The number of aryl methyl sites for hydroxylation is 1. The summed E-state index contributed by atoms with van der Waals surface area (Å²) in [7, 11) is 0. The average Bonchev–Trinajstić information content (AvgIpc) is 2.29. The molecule has 0 aliphatic carbocycles. The number of hydrogen-bond acceptors (Lipinski definition) is 3. The van der Waals surface area contributed by atoms with Gasteiger partial charge in [-0.1, -0.05) is 29.4 Å². The van der Waals surface area contributed by atoms with E-state index in [2.05, 4.69) is 36.5 Å². The predicted molar refractivity (Wildman–Crippen MR) is 70.2 cm³/mol. The molecule has 0 aliphatic rings. The maximum Gasteiger partial charge on any atom is 0.140 e. The summed E-state index contributed by atoms with van der Waals surface area (Å²) in [5, 5.41) is 14.9. The van der Waals surface area contributed by atoms with Gasteiger partial charge in [0.05, 0.1) is 0 Å². The number of nitrogens with zero attached hydrogens (tertiary/aromatic N) is 1. The van der Waals surface area contributed by atoms with Gasteiger partial charge < -0.3 is 16.3 Å². The lowest BCUT2D eigenvalue weighted by Crippen LogP contribution is -2.33. The molecular formula is C13H21N3O. The highest BCUT2D eigenvalue weighted by molar-refractivity contribution is 5.80. The maximum atomic E-state index is 8.51. The summed E-state index contributed by atoms with van der Waals surface area (Å²) in [5.74, 6) is 0.252. The zero-order chi connectivity index (χ0) is 12.8. The van der Waals surface area contributed by atoms with Crippen molar-refractivity contribution >= 4 is 5.84 Å². The van der Waals surface area contributed by atoms with Crippen LogP contribution in [0, 0.1) is 6.92 Å². The zero-order valence-electron chi connectivity index (χ0n) is 10.6. The number of benzene rings is 1. The first-order valence-electron chi connectivity index (χ1n) is 5.82. The number of rotatable bonds is 5. The fraction of sp³-hybridized carbons (Fsp3) is 0.462. The Hall–Kier alpha value is -1.55. The minimum atomic E-state index is 0.167. The van der Waals surface area contributed by atoms with Gasteiger partial charge in [-0.2, -0.15) is 0 Å². The van der Waals surface area contributed by atoms with E-state index in [1.807, 2.05) is 19.1 Å². The van der Waals surface area contributed by atoms with E-state index >= 15 is 0 Å². The van der Waals surface area contributed by atoms with E-state index in [0.717, 1.165) is 0 Å². The van der Waals surface area contributed by atoms with Gasteiger partial charge in [0.2, 0.25) is 0 Å². The highest BCUT2D eigenvalue weighted by atomic mass is 16.4. The standard InChI is InChI=1S/C13H21N3O/c1-9-6-4-5-7-12(9)11(3)15-10(2)8-13(14)16-17/h4-7,10-11,15,17H,8H2,1-3H3,(H2,14,16). The smallest absolute Gasteiger partial charge is 0.140 e. The molecule has 4 heteroatoms. The van der Waals surface area contributed by atoms with Crippen molar-refractivity contribution in [3.63, 3.8) is 0 Å². The molecule has 2 unspecified atom stereocenters. The normalized spacial score (nSPS) is 15.6. The number of amidine groups is 1. The molecule has 94 valence electrons. The lowest BCUT2D eigenvalue weighted by atomic mass is 10.0. The summed E-state index contributed by atoms with van der Waals surface area (Å²) in [6, 6.07) is 8.70. The topological polar surface area (TPSA) is 70.6 Å². The molecule has 1 rings (SSSR count). The minimum absolute atomic E-state index is 0.167. The summed E-state index contributed by atoms with van der Waals surface area (Å²) < 4.78 is 0. The summed E-state index contributed by atoms with van der Waals surface area (Å²) in [5.41, 5.74) is 8.02. The van der Waals surface area contributed by atoms with Crippen LogP contribution in [0.2, 0.25) is 0 Å². The van der Waals surface area contributed by atoms with Crippen molar-refractivity contribution in [3.05, 3.63) is 35.4 Å². The van der Waals surface area contributed by atoms with E-state index in [4.69, 9.17) is 10.9 Å². The van der Waals surface area contributed by atoms with Gasteiger partial charge in [-0.3, -0.25) is 0 Å². The van der Waals surface area contributed by atoms with Crippen molar-refractivity contribution < 1.29 is 5.21 Å². The van der Waals surface area contributed by atoms with Gasteiger partial charge in [0.15, 0.2) is 0 Å². The lowest BCUT2D eigenvalue weighted by Gasteiger charge is -2.21. The van der Waals surface area contributed by atoms with Crippen molar-refractivity contribution in [2.75, 3.05) is 0 Å². The van der Waals surface area contributed by atoms with Crippen LogP contribution >= 0.6 is 0 Å². The number of nitrogens with two attached hydrogens (primary N) is 1. The summed E-state index contributed by atoms with van der Waals surface area (Å²) in [6.07, 6.45) is 0.534. The Kier molecular flexibility index (Phi) is 4.97. The molecule has 2 atom stereocenters. The molecule has 0 spiro atoms. The van der Waals surface area contributed by atoms with Crippen molar-refractivity contribution in [2.24, 2.45) is 10.9 Å². The Labute approximate surface area is 103 Å². The molecule has 0 aromatic heterocycles. The van der Waals surface area contributed by atoms with Crippen LogP contribution in [-0.4, -0.2) is 17.1 Å². The van der Waals surface area contributed by atoms with E-state index < -0.39 is 0 Å². The third-order valence-electron chi connectivity index (χ3n) is 2.83. The monoisotopic (exact) mass is 235 g/mol. The molecule has 1 aromatic carbocycles. The van der Waals surface area contributed by atoms with Gasteiger partial charge in [0.25, 0.3) is 0 Å². The maximum absolute atomic E-state index is 8.51. The first-order valence-corrected chi connectivity index (χ1v) is 5.82. The van der Waals surface area contributed by atoms with Crippen molar-refractivity contribution in [1.82, 2.24) is 5.32 Å². The molecule has 0 radical (unpaired) electrons. The quantitative estimate of drug-likeness (QED) is 0.317. The Bertz CT molecular complexity index is 390. The molecule has 0 amide bonds. The van der Waals surface area contributed by atoms with Gasteiger partial charge in [-0.15, -0.1) is 0 Å². The van der Waals surface area contributed by atoms with Crippen LogP contribution in [0.4, 0.5) is 0 Å². The van der Waals surface area contributed by atoms with Gasteiger partial charge in [-0.25, -0.2) is 0 Å². The second-order valence-corrected chi connectivity index (χ2v) is 4.44. The third kappa shape index (κ3) is 4.07. The Morgan fingerprint density at radius 2 is 2.06 bits per heavy atom. The average molecular weight is 235 g/mol. The largest absolute Gasteiger partial charge is 0.409 e. The zero-order valence-corrected chi connectivity index (χ0v) is 10.6. The molecule has 4 N–H and O–H groups in total. The highest BCUT2D eigenvalue weighted by Crippen LogP contribution is 2.17. The third-order valence-corrected chi connectivity index (χ3v) is 2.83. The van der Waals surface area contributed by atoms with Crippen LogP contribution < -0.4 is 11.1 Å². The van der Waals surface area contributed by atoms with E-state index in [-0.39, 0.29) is 17.9 Å². The van der Waals surface area contributed by atoms with E-state index in [9.17, 15) is 0 Å². The predicted octanol–water partition coefficient (Wildman–Crippen LogP) is 2.17. The van der Waals surface area contributed by atoms with Crippen LogP contribution in [0.25, 0.3) is 0 Å². The molecule has 17 heavy (non-hydrogen) atoms. The van der Waals surface area contributed by atoms with Crippen LogP contribution in [-0.2, 0) is 0 Å². The summed E-state index contributed by atoms with van der Waals surface area (Å²) in [4.78, 5) is 0. The second kappa shape index (κ2) is 6.25. The molecule has 1 aromatic rings. The van der Waals surface area contributed by atoms with Gasteiger partial charge >= 0.3 is 0 Å². The molecule has 0 aliphatic heterocycles. The summed E-state index contributed by atoms with van der Waals surface area (Å²) >= 11 is 0. The van der Waals surface area contributed by atoms with Crippen LogP contribution in [0.1, 0.15) is 37.4 Å². The lowest BCUT2D eigenvalue weighted by molar-refractivity contribution is 0.315. The number of oxime groups is 1. The SMILES string of the molecule is Cc1ccccc1C(C)NC(C)CC(N)=NO. The second-order valence-electron chi connectivity index (χ2n) is 4.44. The number of hydrogen-bond donors (Lipinski definition) is 3. The Balaban J connectivity index is 2.60. The summed E-state index contributed by atoms with van der Waals surface area (Å²) in [6.45, 7) is 6.24. The van der Waals surface area contributed by atoms with Gasteiger partial charge in [0, 0.05) is 18.5 Å². The van der Waals surface area contributed by atoms with E-state index in [0.29, 0.717) is 6.42 Å². The fourth-order valence-electron chi connectivity index (χ4n) is 2.00. The number of nitrogens with one attached hydrogen (secondary N) is 1. The van der Waals surface area contributed by atoms with Crippen molar-refractivity contribution in [1.29, 1.82) is 0 Å². The molecule has 4 nitrogen and oxygen atoms in total. The molecule has 0 heterocycles. The molecule has 0 saturated heterocycles. The Morgan fingerprint density at radius 1 is 1.41 bits per heavy atom. The van der Waals surface area contributed by atoms with E-state index in [1.165, 1.54) is 11.1 Å².